The number of carbonyl (C=O) groups is 2. The number of hydrogen-bond donors (Lipinski definition) is 0. The van der Waals surface area contributed by atoms with Gasteiger partial charge in [0.05, 0.1) is 11.4 Å². The van der Waals surface area contributed by atoms with Gasteiger partial charge in [-0.05, 0) is 34.7 Å². The Bertz CT molecular complexity index is 1310. The highest BCUT2D eigenvalue weighted by Gasteiger charge is 2.55. The molecule has 0 aliphatic carbocycles. The fourth-order valence-electron chi connectivity index (χ4n) is 5.63. The lowest BCUT2D eigenvalue weighted by molar-refractivity contribution is -0.141. The minimum absolute atomic E-state index is 0.119. The molecule has 0 radical (unpaired) electrons. The molecule has 0 N–H and O–H groups in total. The summed E-state index contributed by atoms with van der Waals surface area (Å²) in [6.45, 7) is 0. The van der Waals surface area contributed by atoms with E-state index in [0.717, 1.165) is 44.0 Å². The largest absolute Gasteiger partial charge is 0.314 e. The highest BCUT2D eigenvalue weighted by atomic mass is 16.2. The number of rotatable bonds is 0. The molecule has 0 aromatic heterocycles. The van der Waals surface area contributed by atoms with Crippen molar-refractivity contribution in [2.24, 2.45) is 5.41 Å². The molecule has 2 heterocycles. The molecular weight excluding hydrogens is 384 g/mol. The average molecular weight is 406 g/mol. The quantitative estimate of drug-likeness (QED) is 0.397. The number of fused-ring (bicyclic) bond motifs is 6. The molecule has 152 valence electrons. The number of amides is 2. The van der Waals surface area contributed by atoms with E-state index in [-0.39, 0.29) is 11.8 Å². The van der Waals surface area contributed by atoms with Crippen molar-refractivity contribution in [2.75, 3.05) is 23.9 Å². The van der Waals surface area contributed by atoms with Gasteiger partial charge >= 0.3 is 0 Å². The Hall–Kier alpha value is -3.66. The minimum Gasteiger partial charge on any atom is -0.314 e. The van der Waals surface area contributed by atoms with E-state index in [1.54, 1.807) is 23.9 Å². The van der Waals surface area contributed by atoms with E-state index >= 15 is 0 Å². The van der Waals surface area contributed by atoms with E-state index in [1.165, 1.54) is 0 Å². The summed E-state index contributed by atoms with van der Waals surface area (Å²) in [6.07, 6.45) is 0.845. The maximum atomic E-state index is 13.8. The van der Waals surface area contributed by atoms with Gasteiger partial charge in [0.25, 0.3) is 0 Å². The minimum atomic E-state index is -1.10. The summed E-state index contributed by atoms with van der Waals surface area (Å²) in [5, 5.41) is 4.30. The monoisotopic (exact) mass is 406 g/mol. The molecule has 0 fully saturated rings. The van der Waals surface area contributed by atoms with Crippen molar-refractivity contribution in [3.05, 3.63) is 83.9 Å². The topological polar surface area (TPSA) is 40.6 Å². The summed E-state index contributed by atoms with van der Waals surface area (Å²) in [6, 6.07) is 24.5. The Morgan fingerprint density at radius 3 is 1.48 bits per heavy atom. The van der Waals surface area contributed by atoms with Gasteiger partial charge in [-0.15, -0.1) is 0 Å². The van der Waals surface area contributed by atoms with Crippen LogP contribution >= 0.6 is 0 Å². The van der Waals surface area contributed by atoms with Gasteiger partial charge in [0.1, 0.15) is 5.41 Å². The summed E-state index contributed by atoms with van der Waals surface area (Å²) in [5.41, 5.74) is 2.84. The molecule has 0 saturated heterocycles. The third kappa shape index (κ3) is 2.30. The number of carbonyl (C=O) groups excluding carboxylic acids is 2. The van der Waals surface area contributed by atoms with Crippen LogP contribution in [0.2, 0.25) is 0 Å². The van der Waals surface area contributed by atoms with Crippen molar-refractivity contribution in [1.82, 2.24) is 0 Å². The number of nitrogens with zero attached hydrogens (tertiary/aromatic N) is 2. The summed E-state index contributed by atoms with van der Waals surface area (Å²) < 4.78 is 0. The summed E-state index contributed by atoms with van der Waals surface area (Å²) >= 11 is 0. The molecule has 6 rings (SSSR count). The van der Waals surface area contributed by atoms with Crippen molar-refractivity contribution >= 4 is 44.7 Å². The normalized spacial score (nSPS) is 17.4. The predicted octanol–water partition coefficient (Wildman–Crippen LogP) is 4.72. The van der Waals surface area contributed by atoms with Gasteiger partial charge in [-0.2, -0.15) is 0 Å². The van der Waals surface area contributed by atoms with Crippen LogP contribution in [0.4, 0.5) is 11.4 Å². The van der Waals surface area contributed by atoms with Crippen molar-refractivity contribution in [1.29, 1.82) is 0 Å². The fraction of sp³-hybridized carbons (Fsp3) is 0.185. The van der Waals surface area contributed by atoms with Gasteiger partial charge < -0.3 is 9.80 Å². The average Bonchev–Trinajstić information content (AvgIpc) is 2.80. The highest BCUT2D eigenvalue weighted by molar-refractivity contribution is 6.22. The Morgan fingerprint density at radius 2 is 1.03 bits per heavy atom. The zero-order chi connectivity index (χ0) is 21.3. The number of anilines is 2. The SMILES string of the molecule is CN1C(=O)C2(Cc3ccc4ccccc4c31)Cc1ccc3ccccc3c1N(C)C2=O. The van der Waals surface area contributed by atoms with Crippen LogP contribution in [0.25, 0.3) is 21.5 Å². The van der Waals surface area contributed by atoms with Gasteiger partial charge in [0, 0.05) is 24.9 Å². The molecule has 4 aromatic rings. The molecule has 4 heteroatoms. The van der Waals surface area contributed by atoms with Gasteiger partial charge in [0.15, 0.2) is 0 Å². The molecule has 4 nitrogen and oxygen atoms in total. The Morgan fingerprint density at radius 1 is 0.613 bits per heavy atom. The van der Waals surface area contributed by atoms with Gasteiger partial charge in [-0.25, -0.2) is 0 Å². The van der Waals surface area contributed by atoms with Crippen LogP contribution in [0.5, 0.6) is 0 Å². The van der Waals surface area contributed by atoms with E-state index in [0.29, 0.717) is 12.8 Å². The molecule has 0 unspecified atom stereocenters. The lowest BCUT2D eigenvalue weighted by atomic mass is 9.69. The first kappa shape index (κ1) is 18.1. The predicted molar refractivity (Wildman–Crippen MR) is 125 cm³/mol. The standard InChI is InChI=1S/C27H22N2O2/c1-28-23-19(13-11-17-7-3-5-9-21(17)23)15-27(25(28)30)16-20-14-12-18-8-4-6-10-22(18)24(20)29(2)26(27)31/h3-14H,15-16H2,1-2H3. The van der Waals surface area contributed by atoms with Crippen LogP contribution in [0.15, 0.2) is 72.8 Å². The number of benzene rings is 4. The Labute approximate surface area is 180 Å². The van der Waals surface area contributed by atoms with Crippen molar-refractivity contribution < 1.29 is 9.59 Å². The van der Waals surface area contributed by atoms with Crippen molar-refractivity contribution in [3.63, 3.8) is 0 Å². The van der Waals surface area contributed by atoms with Crippen LogP contribution in [-0.2, 0) is 22.4 Å². The molecule has 0 saturated carbocycles. The van der Waals surface area contributed by atoms with E-state index in [2.05, 4.69) is 36.4 Å². The van der Waals surface area contributed by atoms with Crippen molar-refractivity contribution in [2.45, 2.75) is 12.8 Å². The molecule has 0 atom stereocenters. The second-order valence-corrected chi connectivity index (χ2v) is 8.75. The Balaban J connectivity index is 1.55. The maximum absolute atomic E-state index is 13.8. The van der Waals surface area contributed by atoms with E-state index in [1.807, 2.05) is 36.4 Å². The summed E-state index contributed by atoms with van der Waals surface area (Å²) in [4.78, 5) is 31.0. The van der Waals surface area contributed by atoms with E-state index in [4.69, 9.17) is 0 Å². The third-order valence-electron chi connectivity index (χ3n) is 7.05. The van der Waals surface area contributed by atoms with Crippen LogP contribution in [0, 0.1) is 5.41 Å². The second-order valence-electron chi connectivity index (χ2n) is 8.75. The van der Waals surface area contributed by atoms with E-state index in [9.17, 15) is 9.59 Å². The summed E-state index contributed by atoms with van der Waals surface area (Å²) in [7, 11) is 3.61. The molecular formula is C27H22N2O2. The van der Waals surface area contributed by atoms with Gasteiger partial charge in [-0.3, -0.25) is 9.59 Å². The fourth-order valence-corrected chi connectivity index (χ4v) is 5.63. The third-order valence-corrected chi connectivity index (χ3v) is 7.05. The Kier molecular flexibility index (Phi) is 3.61. The lowest BCUT2D eigenvalue weighted by Crippen LogP contribution is -2.59. The maximum Gasteiger partial charge on any atom is 0.243 e. The van der Waals surface area contributed by atoms with Crippen LogP contribution < -0.4 is 9.80 Å². The zero-order valence-corrected chi connectivity index (χ0v) is 17.6. The van der Waals surface area contributed by atoms with E-state index < -0.39 is 5.41 Å². The molecule has 1 spiro atoms. The first-order valence-corrected chi connectivity index (χ1v) is 10.6. The molecule has 2 aliphatic heterocycles. The molecule has 31 heavy (non-hydrogen) atoms. The highest BCUT2D eigenvalue weighted by Crippen LogP contribution is 2.48. The number of hydrogen-bond acceptors (Lipinski definition) is 2. The summed E-state index contributed by atoms with van der Waals surface area (Å²) in [5.74, 6) is -0.237. The van der Waals surface area contributed by atoms with Gasteiger partial charge in [0.2, 0.25) is 11.8 Å². The lowest BCUT2D eigenvalue weighted by Gasteiger charge is -2.45. The van der Waals surface area contributed by atoms with Crippen LogP contribution in [0.1, 0.15) is 11.1 Å². The first-order valence-electron chi connectivity index (χ1n) is 10.6. The van der Waals surface area contributed by atoms with Crippen LogP contribution in [-0.4, -0.2) is 25.9 Å². The molecule has 2 amide bonds. The smallest absolute Gasteiger partial charge is 0.243 e. The molecule has 2 aliphatic rings. The second kappa shape index (κ2) is 6.17. The van der Waals surface area contributed by atoms with Gasteiger partial charge in [-0.1, -0.05) is 72.8 Å². The zero-order valence-electron chi connectivity index (χ0n) is 17.6. The van der Waals surface area contributed by atoms with Crippen LogP contribution in [0.3, 0.4) is 0 Å². The molecule has 4 aromatic carbocycles. The molecule has 0 bridgehead atoms. The first-order chi connectivity index (χ1) is 15.0. The van der Waals surface area contributed by atoms with Crippen molar-refractivity contribution in [3.8, 4) is 0 Å².